The summed E-state index contributed by atoms with van der Waals surface area (Å²) in [5, 5.41) is 9.02. The Morgan fingerprint density at radius 2 is 1.93 bits per heavy atom. The maximum absolute atomic E-state index is 12.6. The van der Waals surface area contributed by atoms with Crippen molar-refractivity contribution in [2.45, 2.75) is 26.7 Å². The number of hydrogen-bond donors (Lipinski definition) is 0. The summed E-state index contributed by atoms with van der Waals surface area (Å²) >= 11 is 0. The summed E-state index contributed by atoms with van der Waals surface area (Å²) in [6, 6.07) is 14.4. The van der Waals surface area contributed by atoms with Gasteiger partial charge in [-0.2, -0.15) is 5.26 Å². The van der Waals surface area contributed by atoms with Gasteiger partial charge in [0.15, 0.2) is 11.5 Å². The van der Waals surface area contributed by atoms with Crippen molar-refractivity contribution in [1.82, 2.24) is 0 Å². The zero-order valence-electron chi connectivity index (χ0n) is 16.0. The fourth-order valence-corrected chi connectivity index (χ4v) is 3.15. The Morgan fingerprint density at radius 1 is 1.18 bits per heavy atom. The molecule has 0 aromatic heterocycles. The van der Waals surface area contributed by atoms with Gasteiger partial charge in [-0.05, 0) is 43.2 Å². The van der Waals surface area contributed by atoms with Crippen LogP contribution < -0.4 is 14.4 Å². The monoisotopic (exact) mass is 378 g/mol. The summed E-state index contributed by atoms with van der Waals surface area (Å²) in [6.07, 6.45) is 1.03. The van der Waals surface area contributed by atoms with Crippen molar-refractivity contribution in [3.05, 3.63) is 53.6 Å². The van der Waals surface area contributed by atoms with Crippen LogP contribution in [0.5, 0.6) is 11.5 Å². The van der Waals surface area contributed by atoms with Gasteiger partial charge < -0.3 is 14.4 Å². The lowest BCUT2D eigenvalue weighted by atomic mass is 10.1. The van der Waals surface area contributed by atoms with Crippen LogP contribution in [0.2, 0.25) is 0 Å². The van der Waals surface area contributed by atoms with Gasteiger partial charge in [0.2, 0.25) is 5.91 Å². The van der Waals surface area contributed by atoms with E-state index in [0.717, 1.165) is 12.1 Å². The van der Waals surface area contributed by atoms with Crippen molar-refractivity contribution < 1.29 is 19.1 Å². The van der Waals surface area contributed by atoms with Gasteiger partial charge >= 0.3 is 5.97 Å². The first kappa shape index (κ1) is 19.4. The number of carbonyl (C=O) groups excluding carboxylic acids is 2. The molecule has 0 radical (unpaired) electrons. The number of rotatable bonds is 6. The highest BCUT2D eigenvalue weighted by atomic mass is 16.6. The van der Waals surface area contributed by atoms with Crippen LogP contribution >= 0.6 is 0 Å². The zero-order chi connectivity index (χ0) is 20.1. The van der Waals surface area contributed by atoms with Crippen molar-refractivity contribution in [3.8, 4) is 17.6 Å². The van der Waals surface area contributed by atoms with Gasteiger partial charge in [-0.15, -0.1) is 0 Å². The third-order valence-electron chi connectivity index (χ3n) is 4.70. The summed E-state index contributed by atoms with van der Waals surface area (Å²) in [5.74, 6) is -0.540. The minimum absolute atomic E-state index is 0.101. The van der Waals surface area contributed by atoms with E-state index in [1.807, 2.05) is 37.3 Å². The zero-order valence-corrected chi connectivity index (χ0v) is 16.0. The van der Waals surface area contributed by atoms with E-state index in [9.17, 15) is 9.59 Å². The smallest absolute Gasteiger partial charge is 0.316 e. The molecule has 1 atom stereocenters. The Hall–Kier alpha value is -3.33. The highest BCUT2D eigenvalue weighted by molar-refractivity contribution is 5.99. The van der Waals surface area contributed by atoms with Crippen molar-refractivity contribution in [2.75, 3.05) is 18.1 Å². The molecule has 0 spiro atoms. The summed E-state index contributed by atoms with van der Waals surface area (Å²) in [7, 11) is 0. The van der Waals surface area contributed by atoms with E-state index in [1.165, 1.54) is 11.6 Å². The van der Waals surface area contributed by atoms with Crippen LogP contribution in [0, 0.1) is 17.2 Å². The molecule has 1 heterocycles. The number of hydrogen-bond acceptors (Lipinski definition) is 5. The molecule has 2 aromatic carbocycles. The first-order chi connectivity index (χ1) is 13.5. The predicted molar refractivity (Wildman–Crippen MR) is 104 cm³/mol. The third kappa shape index (κ3) is 4.15. The molecule has 6 nitrogen and oxygen atoms in total. The van der Waals surface area contributed by atoms with Crippen LogP contribution in [-0.4, -0.2) is 25.0 Å². The van der Waals surface area contributed by atoms with Gasteiger partial charge in [0.1, 0.15) is 0 Å². The molecular weight excluding hydrogens is 356 g/mol. The minimum Gasteiger partial charge on any atom is -0.490 e. The maximum atomic E-state index is 12.6. The van der Waals surface area contributed by atoms with E-state index in [-0.39, 0.29) is 24.6 Å². The van der Waals surface area contributed by atoms with Crippen LogP contribution in [0.3, 0.4) is 0 Å². The second kappa shape index (κ2) is 8.57. The summed E-state index contributed by atoms with van der Waals surface area (Å²) in [4.78, 5) is 26.7. The maximum Gasteiger partial charge on any atom is 0.316 e. The number of carbonyl (C=O) groups is 2. The Kier molecular flexibility index (Phi) is 5.95. The van der Waals surface area contributed by atoms with Crippen LogP contribution in [0.25, 0.3) is 0 Å². The Bertz CT molecular complexity index is 915. The van der Waals surface area contributed by atoms with Gasteiger partial charge in [-0.25, -0.2) is 0 Å². The van der Waals surface area contributed by atoms with E-state index >= 15 is 0 Å². The highest BCUT2D eigenvalue weighted by Gasteiger charge is 2.36. The first-order valence-electron chi connectivity index (χ1n) is 9.33. The second-order valence-electron chi connectivity index (χ2n) is 6.55. The Labute approximate surface area is 164 Å². The molecule has 1 unspecified atom stereocenters. The van der Waals surface area contributed by atoms with Crippen LogP contribution in [0.1, 0.15) is 31.4 Å². The fourth-order valence-electron chi connectivity index (χ4n) is 3.15. The molecule has 1 amide bonds. The average Bonchev–Trinajstić information content (AvgIpc) is 3.11. The lowest BCUT2D eigenvalue weighted by Crippen LogP contribution is -2.27. The van der Waals surface area contributed by atoms with E-state index in [2.05, 4.69) is 6.92 Å². The molecule has 0 saturated carbocycles. The molecule has 2 aromatic rings. The van der Waals surface area contributed by atoms with Crippen LogP contribution in [-0.2, 0) is 16.0 Å². The normalized spacial score (nSPS) is 16.0. The number of ether oxygens (including phenoxy) is 2. The number of aryl methyl sites for hydroxylation is 1. The van der Waals surface area contributed by atoms with Crippen LogP contribution in [0.15, 0.2) is 42.5 Å². The quantitative estimate of drug-likeness (QED) is 0.568. The SMILES string of the molecule is CCOc1cc(C#N)ccc1OC(=O)C1CC(=O)N(c2ccc(CC)cc2)C1. The van der Waals surface area contributed by atoms with E-state index in [1.54, 1.807) is 17.0 Å². The number of nitriles is 1. The topological polar surface area (TPSA) is 79.6 Å². The Morgan fingerprint density at radius 3 is 2.57 bits per heavy atom. The second-order valence-corrected chi connectivity index (χ2v) is 6.55. The molecule has 1 aliphatic heterocycles. The lowest BCUT2D eigenvalue weighted by Gasteiger charge is -2.17. The summed E-state index contributed by atoms with van der Waals surface area (Å²) < 4.78 is 11.0. The highest BCUT2D eigenvalue weighted by Crippen LogP contribution is 2.31. The van der Waals surface area contributed by atoms with Crippen molar-refractivity contribution >= 4 is 17.6 Å². The fraction of sp³-hybridized carbons (Fsp3) is 0.318. The van der Waals surface area contributed by atoms with Crippen molar-refractivity contribution in [3.63, 3.8) is 0 Å². The molecule has 1 fully saturated rings. The number of anilines is 1. The Balaban J connectivity index is 1.72. The van der Waals surface area contributed by atoms with Gasteiger partial charge in [0, 0.05) is 24.7 Å². The lowest BCUT2D eigenvalue weighted by molar-refractivity contribution is -0.139. The van der Waals surface area contributed by atoms with Gasteiger partial charge in [-0.3, -0.25) is 9.59 Å². The predicted octanol–water partition coefficient (Wildman–Crippen LogP) is 3.48. The first-order valence-corrected chi connectivity index (χ1v) is 9.33. The molecule has 1 saturated heterocycles. The van der Waals surface area contributed by atoms with E-state index < -0.39 is 11.9 Å². The molecule has 144 valence electrons. The molecule has 0 bridgehead atoms. The number of amides is 1. The van der Waals surface area contributed by atoms with Crippen LogP contribution in [0.4, 0.5) is 5.69 Å². The molecule has 6 heteroatoms. The van der Waals surface area contributed by atoms with E-state index in [0.29, 0.717) is 17.9 Å². The molecule has 0 aliphatic carbocycles. The molecule has 1 aliphatic rings. The number of esters is 1. The van der Waals surface area contributed by atoms with Crippen molar-refractivity contribution in [1.29, 1.82) is 5.26 Å². The van der Waals surface area contributed by atoms with Crippen molar-refractivity contribution in [2.24, 2.45) is 5.92 Å². The minimum atomic E-state index is -0.552. The molecule has 3 rings (SSSR count). The molecule has 0 N–H and O–H groups in total. The molecule has 28 heavy (non-hydrogen) atoms. The molecular formula is C22H22N2O4. The standard InChI is InChI=1S/C22H22N2O4/c1-3-15-5-8-18(9-6-15)24-14-17(12-21(24)25)22(26)28-19-10-7-16(13-23)11-20(19)27-4-2/h5-11,17H,3-4,12,14H2,1-2H3. The number of benzene rings is 2. The number of nitrogens with zero attached hydrogens (tertiary/aromatic N) is 2. The largest absolute Gasteiger partial charge is 0.490 e. The summed E-state index contributed by atoms with van der Waals surface area (Å²) in [5.41, 5.74) is 2.39. The van der Waals surface area contributed by atoms with Gasteiger partial charge in [-0.1, -0.05) is 19.1 Å². The third-order valence-corrected chi connectivity index (χ3v) is 4.70. The average molecular weight is 378 g/mol. The van der Waals surface area contributed by atoms with E-state index in [4.69, 9.17) is 14.7 Å². The van der Waals surface area contributed by atoms with Gasteiger partial charge in [0.25, 0.3) is 0 Å². The summed E-state index contributed by atoms with van der Waals surface area (Å²) in [6.45, 7) is 4.54. The van der Waals surface area contributed by atoms with Gasteiger partial charge in [0.05, 0.1) is 24.2 Å².